The molecule has 1 unspecified atom stereocenters. The summed E-state index contributed by atoms with van der Waals surface area (Å²) in [6, 6.07) is 6.11. The number of hydrogen-bond acceptors (Lipinski definition) is 3. The number of aromatic hydroxyl groups is 1. The van der Waals surface area contributed by atoms with Crippen LogP contribution in [-0.4, -0.2) is 22.9 Å². The van der Waals surface area contributed by atoms with Crippen molar-refractivity contribution in [2.75, 3.05) is 6.61 Å². The maximum atomic E-state index is 9.72. The van der Waals surface area contributed by atoms with Gasteiger partial charge in [0.1, 0.15) is 5.75 Å². The summed E-state index contributed by atoms with van der Waals surface area (Å²) in [6.45, 7) is 2.23. The molecule has 0 spiro atoms. The minimum absolute atomic E-state index is 0.151. The molecule has 3 N–H and O–H groups in total. The molecule has 0 bridgehead atoms. The first-order valence-electron chi connectivity index (χ1n) is 5.94. The predicted octanol–water partition coefficient (Wildman–Crippen LogP) is 1.74. The number of nitrogens with one attached hydrogen (secondary N) is 1. The Morgan fingerprint density at radius 3 is 3.00 bits per heavy atom. The van der Waals surface area contributed by atoms with Crippen molar-refractivity contribution < 1.29 is 10.2 Å². The molecule has 1 aliphatic rings. The maximum Gasteiger partial charge on any atom is 0.119 e. The lowest BCUT2D eigenvalue weighted by Crippen LogP contribution is -2.34. The fraction of sp³-hybridized carbons (Fsp3) is 0.538. The van der Waals surface area contributed by atoms with Crippen LogP contribution in [-0.2, 0) is 6.42 Å². The van der Waals surface area contributed by atoms with Gasteiger partial charge in [-0.3, -0.25) is 0 Å². The number of rotatable bonds is 4. The Morgan fingerprint density at radius 2 is 2.31 bits per heavy atom. The third kappa shape index (κ3) is 2.06. The van der Waals surface area contributed by atoms with Crippen LogP contribution in [0.1, 0.15) is 36.9 Å². The first-order chi connectivity index (χ1) is 7.76. The molecular formula is C13H19NO2. The van der Waals surface area contributed by atoms with E-state index in [9.17, 15) is 10.2 Å². The van der Waals surface area contributed by atoms with Gasteiger partial charge in [-0.25, -0.2) is 0 Å². The number of phenolic OH excluding ortho intramolecular Hbond substituents is 1. The van der Waals surface area contributed by atoms with Gasteiger partial charge >= 0.3 is 0 Å². The Labute approximate surface area is 96.1 Å². The first-order valence-corrected chi connectivity index (χ1v) is 5.94. The zero-order chi connectivity index (χ0) is 11.5. The van der Waals surface area contributed by atoms with Crippen molar-refractivity contribution in [1.29, 1.82) is 0 Å². The van der Waals surface area contributed by atoms with Gasteiger partial charge in [-0.15, -0.1) is 0 Å². The van der Waals surface area contributed by atoms with E-state index in [1.54, 1.807) is 6.07 Å². The predicted molar refractivity (Wildman–Crippen MR) is 63.5 cm³/mol. The van der Waals surface area contributed by atoms with Crippen molar-refractivity contribution in [3.63, 3.8) is 0 Å². The first kappa shape index (κ1) is 11.4. The van der Waals surface area contributed by atoms with Crippen molar-refractivity contribution in [2.24, 2.45) is 0 Å². The van der Waals surface area contributed by atoms with Crippen LogP contribution in [0.3, 0.4) is 0 Å². The van der Waals surface area contributed by atoms with Crippen LogP contribution in [0.15, 0.2) is 18.2 Å². The van der Waals surface area contributed by atoms with Crippen molar-refractivity contribution in [2.45, 2.75) is 38.3 Å². The second-order valence-corrected chi connectivity index (χ2v) is 4.39. The highest BCUT2D eigenvalue weighted by molar-refractivity contribution is 5.44. The summed E-state index contributed by atoms with van der Waals surface area (Å²) < 4.78 is 0. The van der Waals surface area contributed by atoms with E-state index in [4.69, 9.17) is 0 Å². The van der Waals surface area contributed by atoms with Crippen LogP contribution >= 0.6 is 0 Å². The summed E-state index contributed by atoms with van der Waals surface area (Å²) in [6.07, 6.45) is 2.84. The Balaban J connectivity index is 2.14. The van der Waals surface area contributed by atoms with Crippen molar-refractivity contribution in [3.05, 3.63) is 29.3 Å². The van der Waals surface area contributed by atoms with E-state index in [1.807, 2.05) is 6.07 Å². The summed E-state index contributed by atoms with van der Waals surface area (Å²) in [4.78, 5) is 0. The molecule has 0 heterocycles. The molecule has 2 rings (SSSR count). The third-order valence-electron chi connectivity index (χ3n) is 3.40. The Hall–Kier alpha value is -1.06. The molecule has 2 atom stereocenters. The van der Waals surface area contributed by atoms with E-state index >= 15 is 0 Å². The summed E-state index contributed by atoms with van der Waals surface area (Å²) in [7, 11) is 0. The summed E-state index contributed by atoms with van der Waals surface area (Å²) in [5.74, 6) is 0.402. The van der Waals surface area contributed by atoms with E-state index < -0.39 is 0 Å². The molecule has 0 amide bonds. The molecule has 0 fully saturated rings. The maximum absolute atomic E-state index is 9.72. The van der Waals surface area contributed by atoms with Gasteiger partial charge in [0.25, 0.3) is 0 Å². The lowest BCUT2D eigenvalue weighted by Gasteiger charge is -2.20. The molecule has 0 aromatic heterocycles. The van der Waals surface area contributed by atoms with Crippen LogP contribution in [0.2, 0.25) is 0 Å². The van der Waals surface area contributed by atoms with Crippen LogP contribution in [0, 0.1) is 0 Å². The molecular weight excluding hydrogens is 202 g/mol. The van der Waals surface area contributed by atoms with Gasteiger partial charge in [-0.05, 0) is 36.5 Å². The molecule has 0 aliphatic heterocycles. The molecule has 0 saturated heterocycles. The second kappa shape index (κ2) is 4.85. The minimum Gasteiger partial charge on any atom is -0.508 e. The highest BCUT2D eigenvalue weighted by Gasteiger charge is 2.25. The van der Waals surface area contributed by atoms with E-state index in [2.05, 4.69) is 18.3 Å². The van der Waals surface area contributed by atoms with Crippen LogP contribution < -0.4 is 5.32 Å². The Kier molecular flexibility index (Phi) is 3.46. The fourth-order valence-electron chi connectivity index (χ4n) is 2.39. The lowest BCUT2D eigenvalue weighted by molar-refractivity contribution is 0.227. The topological polar surface area (TPSA) is 52.5 Å². The molecule has 16 heavy (non-hydrogen) atoms. The molecule has 88 valence electrons. The minimum atomic E-state index is 0.151. The van der Waals surface area contributed by atoms with E-state index in [0.29, 0.717) is 5.75 Å². The van der Waals surface area contributed by atoms with Crippen molar-refractivity contribution >= 4 is 0 Å². The highest BCUT2D eigenvalue weighted by atomic mass is 16.3. The summed E-state index contributed by atoms with van der Waals surface area (Å²) in [5, 5.41) is 22.3. The number of benzene rings is 1. The van der Waals surface area contributed by atoms with Gasteiger partial charge in [0.05, 0.1) is 6.61 Å². The van der Waals surface area contributed by atoms with Crippen LogP contribution in [0.25, 0.3) is 0 Å². The van der Waals surface area contributed by atoms with E-state index in [0.717, 1.165) is 24.8 Å². The number of hydrogen-bond donors (Lipinski definition) is 3. The van der Waals surface area contributed by atoms with Gasteiger partial charge in [0, 0.05) is 12.1 Å². The summed E-state index contributed by atoms with van der Waals surface area (Å²) in [5.41, 5.74) is 2.25. The monoisotopic (exact) mass is 221 g/mol. The molecule has 0 saturated carbocycles. The summed E-state index contributed by atoms with van der Waals surface area (Å²) >= 11 is 0. The van der Waals surface area contributed by atoms with Crippen LogP contribution in [0.5, 0.6) is 5.75 Å². The van der Waals surface area contributed by atoms with E-state index in [-0.39, 0.29) is 18.7 Å². The average Bonchev–Trinajstić information content (AvgIpc) is 2.71. The SMILES string of the molecule is CC[C@@H](CO)NC1CCc2c(O)cccc21. The molecule has 1 aromatic carbocycles. The van der Waals surface area contributed by atoms with Gasteiger partial charge in [0.15, 0.2) is 0 Å². The molecule has 1 aliphatic carbocycles. The van der Waals surface area contributed by atoms with E-state index in [1.165, 1.54) is 5.56 Å². The molecule has 3 nitrogen and oxygen atoms in total. The average molecular weight is 221 g/mol. The Bertz CT molecular complexity index is 361. The number of aliphatic hydroxyl groups is 1. The normalized spacial score (nSPS) is 20.8. The Morgan fingerprint density at radius 1 is 1.50 bits per heavy atom. The highest BCUT2D eigenvalue weighted by Crippen LogP contribution is 2.36. The van der Waals surface area contributed by atoms with Crippen LogP contribution in [0.4, 0.5) is 0 Å². The van der Waals surface area contributed by atoms with Gasteiger partial charge in [-0.1, -0.05) is 19.1 Å². The number of aliphatic hydroxyl groups excluding tert-OH is 1. The lowest BCUT2D eigenvalue weighted by atomic mass is 10.1. The zero-order valence-corrected chi connectivity index (χ0v) is 9.61. The fourth-order valence-corrected chi connectivity index (χ4v) is 2.39. The molecule has 3 heteroatoms. The molecule has 1 aromatic rings. The van der Waals surface area contributed by atoms with Gasteiger partial charge in [0.2, 0.25) is 0 Å². The second-order valence-electron chi connectivity index (χ2n) is 4.39. The zero-order valence-electron chi connectivity index (χ0n) is 9.61. The standard InChI is InChI=1S/C13H19NO2/c1-2-9(8-15)14-12-7-6-11-10(12)4-3-5-13(11)16/h3-5,9,12,14-16H,2,6-8H2,1H3/t9-,12?/m0/s1. The van der Waals surface area contributed by atoms with Crippen molar-refractivity contribution in [1.82, 2.24) is 5.32 Å². The smallest absolute Gasteiger partial charge is 0.119 e. The largest absolute Gasteiger partial charge is 0.508 e. The van der Waals surface area contributed by atoms with Crippen molar-refractivity contribution in [3.8, 4) is 5.75 Å². The quantitative estimate of drug-likeness (QED) is 0.726. The number of fused-ring (bicyclic) bond motifs is 1. The number of phenols is 1. The van der Waals surface area contributed by atoms with Gasteiger partial charge in [-0.2, -0.15) is 0 Å². The third-order valence-corrected chi connectivity index (χ3v) is 3.40. The molecule has 0 radical (unpaired) electrons. The van der Waals surface area contributed by atoms with Gasteiger partial charge < -0.3 is 15.5 Å².